The lowest BCUT2D eigenvalue weighted by molar-refractivity contribution is -0.544. The average molecular weight is 148 g/mol. The number of hydrogen-bond acceptors (Lipinski definition) is 3. The molecule has 0 fully saturated rings. The molecule has 0 heterocycles. The van der Waals surface area contributed by atoms with Crippen molar-refractivity contribution in [2.24, 2.45) is 0 Å². The van der Waals surface area contributed by atoms with E-state index in [4.69, 9.17) is 4.74 Å². The number of nitrogens with zero attached hydrogens (tertiary/aromatic N) is 1. The highest BCUT2D eigenvalue weighted by molar-refractivity contribution is 4.38. The van der Waals surface area contributed by atoms with Crippen molar-refractivity contribution >= 4 is 0 Å². The van der Waals surface area contributed by atoms with Gasteiger partial charge in [-0.05, 0) is 12.8 Å². The zero-order valence-corrected chi connectivity index (χ0v) is 6.00. The molecule has 0 aliphatic heterocycles. The summed E-state index contributed by atoms with van der Waals surface area (Å²) < 4.78 is 4.75. The lowest BCUT2D eigenvalue weighted by Crippen LogP contribution is -2.22. The predicted octanol–water partition coefficient (Wildman–Crippen LogP) is 0.194. The summed E-state index contributed by atoms with van der Waals surface area (Å²) in [5.74, 6) is 0. The molecule has 0 aromatic carbocycles. The molecule has 60 valence electrons. The van der Waals surface area contributed by atoms with Gasteiger partial charge in [-0.2, -0.15) is 0 Å². The van der Waals surface area contributed by atoms with Crippen LogP contribution in [0.5, 0.6) is 0 Å². The molecule has 0 bridgehead atoms. The predicted molar refractivity (Wildman–Crippen MR) is 36.1 cm³/mol. The van der Waals surface area contributed by atoms with Gasteiger partial charge < -0.3 is 4.74 Å². The van der Waals surface area contributed by atoms with Crippen molar-refractivity contribution < 1.29 is 9.77 Å². The largest absolute Gasteiger partial charge is 0.385 e. The zero-order chi connectivity index (χ0) is 7.82. The molecule has 0 saturated heterocycles. The van der Waals surface area contributed by atoms with E-state index in [0.29, 0.717) is 13.2 Å². The van der Waals surface area contributed by atoms with Gasteiger partial charge in [-0.1, -0.05) is 0 Å². The second-order valence-corrected chi connectivity index (χ2v) is 1.87. The monoisotopic (exact) mass is 148 g/mol. The number of nitro groups is 1. The lowest BCUT2D eigenvalue weighted by atomic mass is 10.3. The van der Waals surface area contributed by atoms with Crippen LogP contribution in [0.4, 0.5) is 0 Å². The molecule has 0 spiro atoms. The van der Waals surface area contributed by atoms with Gasteiger partial charge in [0.2, 0.25) is 0 Å². The molecule has 0 saturated carbocycles. The molecule has 0 aromatic rings. The van der Waals surface area contributed by atoms with Crippen molar-refractivity contribution in [3.05, 3.63) is 10.1 Å². The van der Waals surface area contributed by atoms with E-state index in [-0.39, 0.29) is 0 Å². The zero-order valence-electron chi connectivity index (χ0n) is 6.00. The molecule has 5 nitrogen and oxygen atoms in total. The van der Waals surface area contributed by atoms with Gasteiger partial charge in [0.05, 0.1) is 6.54 Å². The maximum atomic E-state index is 9.70. The number of nitrogens with one attached hydrogen (secondary N) is 1. The summed E-state index contributed by atoms with van der Waals surface area (Å²) in [6.07, 6.45) is 1.63. The molecular weight excluding hydrogens is 136 g/mol. The molecule has 0 unspecified atom stereocenters. The number of rotatable bonds is 6. The topological polar surface area (TPSA) is 64.4 Å². The van der Waals surface area contributed by atoms with Crippen LogP contribution >= 0.6 is 0 Å². The molecule has 5 heteroatoms. The van der Waals surface area contributed by atoms with Gasteiger partial charge in [0, 0.05) is 13.7 Å². The fourth-order valence-corrected chi connectivity index (χ4v) is 0.542. The Kier molecular flexibility index (Phi) is 5.75. The minimum absolute atomic E-state index is 0.413. The molecule has 0 aromatic heterocycles. The number of hydrazine groups is 1. The summed E-state index contributed by atoms with van der Waals surface area (Å²) in [4.78, 5) is 9.70. The lowest BCUT2D eigenvalue weighted by Gasteiger charge is -1.96. The van der Waals surface area contributed by atoms with Crippen LogP contribution in [0, 0.1) is 10.1 Å². The van der Waals surface area contributed by atoms with Crippen LogP contribution in [0.15, 0.2) is 0 Å². The first-order valence-corrected chi connectivity index (χ1v) is 3.14. The molecule has 0 aliphatic rings. The molecule has 0 aliphatic carbocycles. The second-order valence-electron chi connectivity index (χ2n) is 1.87. The van der Waals surface area contributed by atoms with Crippen LogP contribution in [0.25, 0.3) is 0 Å². The Morgan fingerprint density at radius 2 is 2.30 bits per heavy atom. The molecule has 0 radical (unpaired) electrons. The molecular formula is C5H12N2O3. The fourth-order valence-electron chi connectivity index (χ4n) is 0.542. The summed E-state index contributed by atoms with van der Waals surface area (Å²) in [7, 11) is 1.61. The van der Waals surface area contributed by atoms with Gasteiger partial charge in [-0.15, -0.1) is 5.43 Å². The van der Waals surface area contributed by atoms with Crippen LogP contribution in [0.2, 0.25) is 0 Å². The third-order valence-electron chi connectivity index (χ3n) is 1.02. The SMILES string of the molecule is COCCCCN[N+](=O)[O-]. The number of ether oxygens (including phenoxy) is 1. The molecule has 0 atom stereocenters. The smallest absolute Gasteiger partial charge is 0.157 e. The minimum atomic E-state index is -0.535. The Morgan fingerprint density at radius 1 is 1.60 bits per heavy atom. The number of methoxy groups -OCH3 is 1. The van der Waals surface area contributed by atoms with Gasteiger partial charge >= 0.3 is 0 Å². The Morgan fingerprint density at radius 3 is 2.80 bits per heavy atom. The maximum absolute atomic E-state index is 9.70. The van der Waals surface area contributed by atoms with Crippen molar-refractivity contribution in [3.8, 4) is 0 Å². The van der Waals surface area contributed by atoms with E-state index in [2.05, 4.69) is 5.43 Å². The number of hydrogen-bond donors (Lipinski definition) is 1. The van der Waals surface area contributed by atoms with E-state index in [0.717, 1.165) is 12.8 Å². The Bertz CT molecular complexity index is 96.9. The van der Waals surface area contributed by atoms with E-state index in [1.165, 1.54) is 0 Å². The van der Waals surface area contributed by atoms with Crippen LogP contribution in [-0.2, 0) is 4.74 Å². The Hall–Kier alpha value is -0.840. The first kappa shape index (κ1) is 9.16. The highest BCUT2D eigenvalue weighted by atomic mass is 16.7. The Labute approximate surface area is 59.5 Å². The van der Waals surface area contributed by atoms with Crippen LogP contribution in [0.1, 0.15) is 12.8 Å². The summed E-state index contributed by atoms with van der Waals surface area (Å²) in [6, 6.07) is 0. The molecule has 10 heavy (non-hydrogen) atoms. The van der Waals surface area contributed by atoms with Crippen molar-refractivity contribution in [2.75, 3.05) is 20.3 Å². The third-order valence-corrected chi connectivity index (χ3v) is 1.02. The van der Waals surface area contributed by atoms with E-state index < -0.39 is 5.03 Å². The second kappa shape index (κ2) is 6.28. The molecule has 0 amide bonds. The first-order valence-electron chi connectivity index (χ1n) is 3.14. The van der Waals surface area contributed by atoms with Crippen LogP contribution in [0.3, 0.4) is 0 Å². The van der Waals surface area contributed by atoms with Gasteiger partial charge in [0.1, 0.15) is 0 Å². The highest BCUT2D eigenvalue weighted by Gasteiger charge is 1.92. The third kappa shape index (κ3) is 7.16. The summed E-state index contributed by atoms with van der Waals surface area (Å²) in [5, 5.41) is 9.16. The number of unbranched alkanes of at least 4 members (excludes halogenated alkanes) is 1. The van der Waals surface area contributed by atoms with Crippen LogP contribution in [-0.4, -0.2) is 25.3 Å². The normalized spacial score (nSPS) is 9.30. The van der Waals surface area contributed by atoms with E-state index >= 15 is 0 Å². The average Bonchev–Trinajstić information content (AvgIpc) is 1.87. The van der Waals surface area contributed by atoms with Crippen molar-refractivity contribution in [2.45, 2.75) is 12.8 Å². The minimum Gasteiger partial charge on any atom is -0.385 e. The molecule has 1 N–H and O–H groups in total. The molecule has 0 rings (SSSR count). The fraction of sp³-hybridized carbons (Fsp3) is 1.00. The first-order chi connectivity index (χ1) is 4.77. The standard InChI is InChI=1S/C5H12N2O3/c1-10-5-3-2-4-6-7(8)9/h6H,2-5H2,1H3. The highest BCUT2D eigenvalue weighted by Crippen LogP contribution is 1.85. The summed E-state index contributed by atoms with van der Waals surface area (Å²) >= 11 is 0. The van der Waals surface area contributed by atoms with Crippen molar-refractivity contribution in [3.63, 3.8) is 0 Å². The van der Waals surface area contributed by atoms with Gasteiger partial charge in [-0.3, -0.25) is 0 Å². The van der Waals surface area contributed by atoms with Gasteiger partial charge in [0.25, 0.3) is 0 Å². The van der Waals surface area contributed by atoms with Gasteiger partial charge in [0.15, 0.2) is 5.03 Å². The van der Waals surface area contributed by atoms with Crippen molar-refractivity contribution in [1.29, 1.82) is 0 Å². The van der Waals surface area contributed by atoms with Crippen LogP contribution < -0.4 is 5.43 Å². The van der Waals surface area contributed by atoms with E-state index in [1.54, 1.807) is 7.11 Å². The Balaban J connectivity index is 2.84. The quantitative estimate of drug-likeness (QED) is 0.332. The van der Waals surface area contributed by atoms with Gasteiger partial charge in [-0.25, -0.2) is 10.1 Å². The van der Waals surface area contributed by atoms with E-state index in [1.807, 2.05) is 0 Å². The maximum Gasteiger partial charge on any atom is 0.157 e. The summed E-state index contributed by atoms with van der Waals surface area (Å²) in [6.45, 7) is 1.08. The summed E-state index contributed by atoms with van der Waals surface area (Å²) in [5.41, 5.74) is 2.07. The van der Waals surface area contributed by atoms with Crippen molar-refractivity contribution in [1.82, 2.24) is 5.43 Å². The van der Waals surface area contributed by atoms with E-state index in [9.17, 15) is 10.1 Å².